The molecule has 0 unspecified atom stereocenters. The maximum atomic E-state index is 12.7. The highest BCUT2D eigenvalue weighted by Crippen LogP contribution is 2.26. The Morgan fingerprint density at radius 3 is 2.74 bits per heavy atom. The highest BCUT2D eigenvalue weighted by molar-refractivity contribution is 5.91. The summed E-state index contributed by atoms with van der Waals surface area (Å²) >= 11 is 0. The van der Waals surface area contributed by atoms with Gasteiger partial charge in [0.15, 0.2) is 0 Å². The van der Waals surface area contributed by atoms with Crippen molar-refractivity contribution < 1.29 is 4.79 Å². The highest BCUT2D eigenvalue weighted by Gasteiger charge is 2.23. The molecule has 0 spiro atoms. The van der Waals surface area contributed by atoms with Crippen LogP contribution in [0.4, 0.5) is 5.82 Å². The number of aromatic amines is 1. The summed E-state index contributed by atoms with van der Waals surface area (Å²) in [5, 5.41) is 13.2. The maximum absolute atomic E-state index is 12.7. The van der Waals surface area contributed by atoms with E-state index in [0.29, 0.717) is 5.92 Å². The smallest absolute Gasteiger partial charge is 0.289 e. The van der Waals surface area contributed by atoms with Crippen molar-refractivity contribution in [3.05, 3.63) is 35.0 Å². The van der Waals surface area contributed by atoms with Gasteiger partial charge in [-0.15, -0.1) is 0 Å². The van der Waals surface area contributed by atoms with Gasteiger partial charge in [-0.3, -0.25) is 9.89 Å². The third kappa shape index (κ3) is 5.05. The van der Waals surface area contributed by atoms with Crippen LogP contribution < -0.4 is 10.6 Å². The van der Waals surface area contributed by atoms with Gasteiger partial charge in [-0.2, -0.15) is 5.10 Å². The predicted molar refractivity (Wildman–Crippen MR) is 106 cm³/mol. The standard InChI is InChI=1S/C20H30N6O/c1-13-14(2)24-19(20(27)25-15(3)17-7-5-4-6-8-17)26-18(13)21-10-9-16-11-22-23-12-16/h11-12,15,17H,4-10H2,1-3H3,(H,22,23)(H,25,27)(H,21,24,26)/t15-/m1/s1. The van der Waals surface area contributed by atoms with Crippen LogP contribution >= 0.6 is 0 Å². The SMILES string of the molecule is Cc1nc(C(=O)N[C@H](C)C2CCCCC2)nc(NCCc2cn[nH]c2)c1C. The average Bonchev–Trinajstić information content (AvgIpc) is 3.19. The molecule has 7 heteroatoms. The summed E-state index contributed by atoms with van der Waals surface area (Å²) in [5.41, 5.74) is 2.93. The summed E-state index contributed by atoms with van der Waals surface area (Å²) in [6.45, 7) is 6.71. The van der Waals surface area contributed by atoms with Crippen molar-refractivity contribution in [1.29, 1.82) is 0 Å². The van der Waals surface area contributed by atoms with Gasteiger partial charge in [0.25, 0.3) is 5.91 Å². The van der Waals surface area contributed by atoms with E-state index < -0.39 is 0 Å². The Morgan fingerprint density at radius 1 is 1.26 bits per heavy atom. The van der Waals surface area contributed by atoms with E-state index in [0.717, 1.165) is 35.6 Å². The van der Waals surface area contributed by atoms with E-state index in [4.69, 9.17) is 0 Å². The third-order valence-corrected chi connectivity index (χ3v) is 5.57. The first-order valence-electron chi connectivity index (χ1n) is 9.92. The van der Waals surface area contributed by atoms with Crippen LogP contribution in [-0.2, 0) is 6.42 Å². The average molecular weight is 371 g/mol. The van der Waals surface area contributed by atoms with Crippen LogP contribution in [0.3, 0.4) is 0 Å². The Kier molecular flexibility index (Phi) is 6.42. The van der Waals surface area contributed by atoms with Gasteiger partial charge < -0.3 is 10.6 Å². The van der Waals surface area contributed by atoms with Crippen LogP contribution in [0.1, 0.15) is 66.5 Å². The molecule has 146 valence electrons. The van der Waals surface area contributed by atoms with Crippen molar-refractivity contribution in [2.45, 2.75) is 65.3 Å². The zero-order chi connectivity index (χ0) is 19.2. The van der Waals surface area contributed by atoms with Gasteiger partial charge in [-0.1, -0.05) is 19.3 Å². The zero-order valence-electron chi connectivity index (χ0n) is 16.5. The summed E-state index contributed by atoms with van der Waals surface area (Å²) in [4.78, 5) is 21.6. The van der Waals surface area contributed by atoms with Crippen LogP contribution in [0.5, 0.6) is 0 Å². The summed E-state index contributed by atoms with van der Waals surface area (Å²) in [6.07, 6.45) is 10.7. The van der Waals surface area contributed by atoms with Crippen LogP contribution in [0.15, 0.2) is 12.4 Å². The highest BCUT2D eigenvalue weighted by atomic mass is 16.2. The Hall–Kier alpha value is -2.44. The quantitative estimate of drug-likeness (QED) is 0.696. The van der Waals surface area contributed by atoms with Crippen LogP contribution in [0.2, 0.25) is 0 Å². The molecule has 3 N–H and O–H groups in total. The van der Waals surface area contributed by atoms with Gasteiger partial charge in [0.1, 0.15) is 5.82 Å². The molecule has 0 bridgehead atoms. The van der Waals surface area contributed by atoms with Crippen molar-refractivity contribution in [3.63, 3.8) is 0 Å². The Balaban J connectivity index is 1.63. The first-order chi connectivity index (χ1) is 13.0. The number of carbonyl (C=O) groups excluding carboxylic acids is 1. The topological polar surface area (TPSA) is 95.6 Å². The lowest BCUT2D eigenvalue weighted by atomic mass is 9.84. The van der Waals surface area contributed by atoms with Crippen molar-refractivity contribution in [3.8, 4) is 0 Å². The van der Waals surface area contributed by atoms with E-state index in [1.165, 1.54) is 32.1 Å². The second-order valence-electron chi connectivity index (χ2n) is 7.55. The fraction of sp³-hybridized carbons (Fsp3) is 0.600. The Labute approximate surface area is 160 Å². The number of rotatable bonds is 7. The van der Waals surface area contributed by atoms with E-state index in [-0.39, 0.29) is 17.8 Å². The number of aryl methyl sites for hydroxylation is 1. The molecule has 7 nitrogen and oxygen atoms in total. The summed E-state index contributed by atoms with van der Waals surface area (Å²) in [6, 6.07) is 0.153. The van der Waals surface area contributed by atoms with Crippen LogP contribution in [-0.4, -0.2) is 38.7 Å². The second-order valence-corrected chi connectivity index (χ2v) is 7.55. The number of hydrogen-bond donors (Lipinski definition) is 3. The van der Waals surface area contributed by atoms with Crippen LogP contribution in [0.25, 0.3) is 0 Å². The number of nitrogens with zero attached hydrogens (tertiary/aromatic N) is 3. The molecule has 0 radical (unpaired) electrons. The molecule has 1 amide bonds. The minimum absolute atomic E-state index is 0.153. The van der Waals surface area contributed by atoms with Gasteiger partial charge in [0.2, 0.25) is 5.82 Å². The lowest BCUT2D eigenvalue weighted by Gasteiger charge is -2.28. The van der Waals surface area contributed by atoms with Gasteiger partial charge in [-0.05, 0) is 51.5 Å². The van der Waals surface area contributed by atoms with Crippen molar-refractivity contribution in [2.75, 3.05) is 11.9 Å². The normalized spacial score (nSPS) is 16.1. The number of anilines is 1. The molecule has 1 aliphatic carbocycles. The first kappa shape index (κ1) is 19.3. The molecule has 3 rings (SSSR count). The number of carbonyl (C=O) groups is 1. The van der Waals surface area contributed by atoms with Gasteiger partial charge in [0.05, 0.1) is 6.20 Å². The molecule has 0 aliphatic heterocycles. The second kappa shape index (κ2) is 8.97. The maximum Gasteiger partial charge on any atom is 0.289 e. The largest absolute Gasteiger partial charge is 0.369 e. The Morgan fingerprint density at radius 2 is 2.04 bits per heavy atom. The van der Waals surface area contributed by atoms with Gasteiger partial charge in [0, 0.05) is 30.0 Å². The number of hydrogen-bond acceptors (Lipinski definition) is 5. The Bertz CT molecular complexity index is 752. The molecule has 2 aromatic heterocycles. The molecule has 2 heterocycles. The molecule has 27 heavy (non-hydrogen) atoms. The van der Waals surface area contributed by atoms with Gasteiger partial charge >= 0.3 is 0 Å². The summed E-state index contributed by atoms with van der Waals surface area (Å²) in [5.74, 6) is 1.34. The van der Waals surface area contributed by atoms with Crippen molar-refractivity contribution in [2.24, 2.45) is 5.92 Å². The zero-order valence-corrected chi connectivity index (χ0v) is 16.5. The third-order valence-electron chi connectivity index (χ3n) is 5.57. The minimum Gasteiger partial charge on any atom is -0.369 e. The fourth-order valence-electron chi connectivity index (χ4n) is 3.67. The van der Waals surface area contributed by atoms with Crippen LogP contribution in [0, 0.1) is 19.8 Å². The monoisotopic (exact) mass is 370 g/mol. The molecular weight excluding hydrogens is 340 g/mol. The number of nitrogens with one attached hydrogen (secondary N) is 3. The summed E-state index contributed by atoms with van der Waals surface area (Å²) < 4.78 is 0. The summed E-state index contributed by atoms with van der Waals surface area (Å²) in [7, 11) is 0. The van der Waals surface area contributed by atoms with E-state index in [1.54, 1.807) is 0 Å². The number of H-pyrrole nitrogens is 1. The van der Waals surface area contributed by atoms with Crippen molar-refractivity contribution in [1.82, 2.24) is 25.5 Å². The molecule has 2 aromatic rings. The molecule has 1 fully saturated rings. The number of amides is 1. The van der Waals surface area contributed by atoms with E-state index in [9.17, 15) is 4.79 Å². The molecular formula is C20H30N6O. The van der Waals surface area contributed by atoms with E-state index >= 15 is 0 Å². The van der Waals surface area contributed by atoms with E-state index in [2.05, 4.69) is 37.7 Å². The molecule has 1 aliphatic rings. The number of aromatic nitrogens is 4. The molecule has 1 saturated carbocycles. The molecule has 0 aromatic carbocycles. The molecule has 0 saturated heterocycles. The van der Waals surface area contributed by atoms with Gasteiger partial charge in [-0.25, -0.2) is 9.97 Å². The van der Waals surface area contributed by atoms with Crippen molar-refractivity contribution >= 4 is 11.7 Å². The molecule has 1 atom stereocenters. The first-order valence-corrected chi connectivity index (χ1v) is 9.92. The predicted octanol–water partition coefficient (Wildman–Crippen LogP) is 3.17. The fourth-order valence-corrected chi connectivity index (χ4v) is 3.67. The van der Waals surface area contributed by atoms with E-state index in [1.807, 2.05) is 26.2 Å². The lowest BCUT2D eigenvalue weighted by Crippen LogP contribution is -2.39. The lowest BCUT2D eigenvalue weighted by molar-refractivity contribution is 0.0908. The minimum atomic E-state index is -0.186.